The minimum atomic E-state index is -4.87. The largest absolute Gasteiger partial charge is 0.573 e. The van der Waals surface area contributed by atoms with E-state index in [1.807, 2.05) is 0 Å². The predicted octanol–water partition coefficient (Wildman–Crippen LogP) is 5.80. The van der Waals surface area contributed by atoms with Crippen LogP contribution in [0.2, 0.25) is 10.0 Å². The van der Waals surface area contributed by atoms with E-state index in [2.05, 4.69) is 21.3 Å². The molecule has 0 amide bonds. The zero-order valence-electron chi connectivity index (χ0n) is 19.0. The Kier molecular flexibility index (Phi) is 9.70. The van der Waals surface area contributed by atoms with Crippen molar-refractivity contribution in [2.45, 2.75) is 49.6 Å². The maximum absolute atomic E-state index is 13.1. The fourth-order valence-corrected chi connectivity index (χ4v) is 5.34. The summed E-state index contributed by atoms with van der Waals surface area (Å²) in [6.45, 7) is 4.60. The van der Waals surface area contributed by atoms with Crippen LogP contribution in [0.1, 0.15) is 37.8 Å². The average molecular weight is 555 g/mol. The van der Waals surface area contributed by atoms with Gasteiger partial charge in [0.05, 0.1) is 27.1 Å². The van der Waals surface area contributed by atoms with Gasteiger partial charge in [0.1, 0.15) is 5.75 Å². The smallest absolute Gasteiger partial charge is 0.406 e. The monoisotopic (exact) mass is 554 g/mol. The number of alkyl halides is 3. The molecule has 1 fully saturated rings. The zero-order chi connectivity index (χ0) is 25.6. The molecule has 1 heterocycles. The lowest BCUT2D eigenvalue weighted by Gasteiger charge is -2.34. The van der Waals surface area contributed by atoms with Crippen molar-refractivity contribution in [3.05, 3.63) is 58.1 Å². The van der Waals surface area contributed by atoms with Gasteiger partial charge in [-0.25, -0.2) is 13.1 Å². The third-order valence-electron chi connectivity index (χ3n) is 5.54. The molecule has 1 N–H and O–H groups in total. The molecule has 0 radical (unpaired) electrons. The number of hydrogen-bond acceptors (Lipinski definition) is 5. The molecule has 0 spiro atoms. The van der Waals surface area contributed by atoms with Crippen molar-refractivity contribution in [3.8, 4) is 5.75 Å². The number of ether oxygens (including phenoxy) is 2. The highest BCUT2D eigenvalue weighted by Gasteiger charge is 2.31. The van der Waals surface area contributed by atoms with Crippen LogP contribution in [0.15, 0.2) is 47.4 Å². The number of nitrogens with zero attached hydrogens (tertiary/aromatic N) is 1. The van der Waals surface area contributed by atoms with Gasteiger partial charge in [-0.1, -0.05) is 36.2 Å². The molecule has 1 unspecified atom stereocenters. The van der Waals surface area contributed by atoms with Crippen LogP contribution >= 0.6 is 23.2 Å². The molecule has 1 atom stereocenters. The van der Waals surface area contributed by atoms with Crippen LogP contribution < -0.4 is 9.46 Å². The number of piperidine rings is 1. The molecular formula is C23H27Cl2F3N2O4S. The summed E-state index contributed by atoms with van der Waals surface area (Å²) < 4.78 is 75.8. The molecule has 0 aromatic heterocycles. The molecule has 194 valence electrons. The highest BCUT2D eigenvalue weighted by Crippen LogP contribution is 2.29. The van der Waals surface area contributed by atoms with Crippen molar-refractivity contribution in [3.63, 3.8) is 0 Å². The van der Waals surface area contributed by atoms with E-state index in [4.69, 9.17) is 27.9 Å². The number of rotatable bonds is 10. The van der Waals surface area contributed by atoms with E-state index in [1.54, 1.807) is 18.2 Å². The second kappa shape index (κ2) is 12.1. The van der Waals surface area contributed by atoms with Crippen molar-refractivity contribution in [2.75, 3.05) is 26.2 Å². The second-order valence-electron chi connectivity index (χ2n) is 8.24. The minimum Gasteiger partial charge on any atom is -0.406 e. The SMILES string of the molecule is CCCOC1CCN(CC(NS(=O)(=O)c2ccc(OC(F)(F)F)cc2)c2ccc(Cl)c(Cl)c2)CC1. The van der Waals surface area contributed by atoms with E-state index < -0.39 is 28.2 Å². The molecule has 3 rings (SSSR count). The third kappa shape index (κ3) is 8.51. The highest BCUT2D eigenvalue weighted by atomic mass is 35.5. The first-order valence-electron chi connectivity index (χ1n) is 11.1. The summed E-state index contributed by atoms with van der Waals surface area (Å²) in [4.78, 5) is 1.95. The van der Waals surface area contributed by atoms with Gasteiger partial charge < -0.3 is 14.4 Å². The molecule has 35 heavy (non-hydrogen) atoms. The van der Waals surface area contributed by atoms with E-state index in [-0.39, 0.29) is 16.0 Å². The summed E-state index contributed by atoms with van der Waals surface area (Å²) in [5, 5.41) is 0.625. The van der Waals surface area contributed by atoms with Crippen LogP contribution in [0.5, 0.6) is 5.75 Å². The van der Waals surface area contributed by atoms with Gasteiger partial charge in [0.2, 0.25) is 10.0 Å². The molecule has 2 aromatic carbocycles. The molecular weight excluding hydrogens is 528 g/mol. The molecule has 2 aromatic rings. The van der Waals surface area contributed by atoms with Crippen LogP contribution in [0.3, 0.4) is 0 Å². The molecule has 0 bridgehead atoms. The first-order chi connectivity index (χ1) is 16.5. The molecule has 0 aliphatic carbocycles. The third-order valence-corrected chi connectivity index (χ3v) is 7.77. The van der Waals surface area contributed by atoms with E-state index in [1.165, 1.54) is 0 Å². The number of benzene rings is 2. The van der Waals surface area contributed by atoms with Gasteiger partial charge in [-0.3, -0.25) is 0 Å². The van der Waals surface area contributed by atoms with Crippen molar-refractivity contribution in [1.29, 1.82) is 0 Å². The summed E-state index contributed by atoms with van der Waals surface area (Å²) in [6.07, 6.45) is -2.07. The lowest BCUT2D eigenvalue weighted by molar-refractivity contribution is -0.274. The predicted molar refractivity (Wildman–Crippen MR) is 128 cm³/mol. The Morgan fingerprint density at radius 3 is 2.31 bits per heavy atom. The minimum absolute atomic E-state index is 0.184. The standard InChI is InChI=1S/C23H27Cl2F3N2O4S/c1-2-13-33-17-9-11-30(12-10-17)15-22(16-3-8-20(24)21(25)14-16)29-35(31,32)19-6-4-18(5-7-19)34-23(26,27)28/h3-8,14,17,22,29H,2,9-13,15H2,1H3. The quantitative estimate of drug-likeness (QED) is 0.401. The van der Waals surface area contributed by atoms with Crippen LogP contribution in [-0.2, 0) is 14.8 Å². The van der Waals surface area contributed by atoms with Crippen molar-refractivity contribution in [1.82, 2.24) is 9.62 Å². The van der Waals surface area contributed by atoms with Crippen LogP contribution in [0, 0.1) is 0 Å². The van der Waals surface area contributed by atoms with Gasteiger partial charge in [0.15, 0.2) is 0 Å². The Hall–Kier alpha value is -1.56. The molecule has 0 saturated carbocycles. The molecule has 6 nitrogen and oxygen atoms in total. The number of likely N-dealkylation sites (tertiary alicyclic amines) is 1. The number of halogens is 5. The Bertz CT molecular complexity index is 1080. The van der Waals surface area contributed by atoms with Crippen LogP contribution in [0.25, 0.3) is 0 Å². The summed E-state index contributed by atoms with van der Waals surface area (Å²) >= 11 is 12.2. The Balaban J connectivity index is 1.77. The van der Waals surface area contributed by atoms with Gasteiger partial charge >= 0.3 is 6.36 Å². The first kappa shape index (κ1) is 28.0. The summed E-state index contributed by atoms with van der Waals surface area (Å²) in [7, 11) is -4.08. The lowest BCUT2D eigenvalue weighted by Crippen LogP contribution is -2.43. The summed E-state index contributed by atoms with van der Waals surface area (Å²) in [6, 6.07) is 8.25. The summed E-state index contributed by atoms with van der Waals surface area (Å²) in [5.74, 6) is -0.509. The maximum atomic E-state index is 13.1. The van der Waals surface area contributed by atoms with Gasteiger partial charge in [0, 0.05) is 26.2 Å². The molecule has 12 heteroatoms. The van der Waals surface area contributed by atoms with Crippen molar-refractivity contribution in [2.24, 2.45) is 0 Å². The van der Waals surface area contributed by atoms with Gasteiger partial charge in [-0.15, -0.1) is 13.2 Å². The van der Waals surface area contributed by atoms with Gasteiger partial charge in [-0.2, -0.15) is 0 Å². The molecule has 1 aliphatic heterocycles. The van der Waals surface area contributed by atoms with Gasteiger partial charge in [-0.05, 0) is 61.2 Å². The molecule has 1 saturated heterocycles. The first-order valence-corrected chi connectivity index (χ1v) is 13.4. The van der Waals surface area contributed by atoms with Crippen molar-refractivity contribution < 1.29 is 31.1 Å². The number of sulfonamides is 1. The molecule has 1 aliphatic rings. The zero-order valence-corrected chi connectivity index (χ0v) is 21.4. The fraction of sp³-hybridized carbons (Fsp3) is 0.478. The average Bonchev–Trinajstić information content (AvgIpc) is 2.79. The number of nitrogens with one attached hydrogen (secondary N) is 1. The van der Waals surface area contributed by atoms with E-state index in [0.717, 1.165) is 56.6 Å². The maximum Gasteiger partial charge on any atom is 0.573 e. The normalized spacial score (nSPS) is 16.9. The Morgan fingerprint density at radius 2 is 1.74 bits per heavy atom. The topological polar surface area (TPSA) is 67.9 Å². The van der Waals surface area contributed by atoms with Crippen molar-refractivity contribution >= 4 is 33.2 Å². The Labute approximate surface area is 213 Å². The van der Waals surface area contributed by atoms with E-state index >= 15 is 0 Å². The van der Waals surface area contributed by atoms with E-state index in [0.29, 0.717) is 23.7 Å². The second-order valence-corrected chi connectivity index (χ2v) is 10.8. The Morgan fingerprint density at radius 1 is 1.09 bits per heavy atom. The van der Waals surface area contributed by atoms with Gasteiger partial charge in [0.25, 0.3) is 0 Å². The highest BCUT2D eigenvalue weighted by molar-refractivity contribution is 7.89. The van der Waals surface area contributed by atoms with Crippen LogP contribution in [-0.4, -0.2) is 52.0 Å². The fourth-order valence-electron chi connectivity index (χ4n) is 3.82. The van der Waals surface area contributed by atoms with E-state index in [9.17, 15) is 21.6 Å². The summed E-state index contributed by atoms with van der Waals surface area (Å²) in [5.41, 5.74) is 0.615. The lowest BCUT2D eigenvalue weighted by atomic mass is 10.0. The number of hydrogen-bond donors (Lipinski definition) is 1. The van der Waals surface area contributed by atoms with Crippen LogP contribution in [0.4, 0.5) is 13.2 Å².